The third kappa shape index (κ3) is 31.3. The van der Waals surface area contributed by atoms with Gasteiger partial charge in [-0.2, -0.15) is 10.0 Å². The lowest BCUT2D eigenvalue weighted by molar-refractivity contribution is -0.423. The van der Waals surface area contributed by atoms with E-state index in [0.717, 1.165) is 5.06 Å². The Hall–Kier alpha value is -2.99. The van der Waals surface area contributed by atoms with Gasteiger partial charge in [-0.25, -0.2) is 4.79 Å². The molecule has 20 nitrogen and oxygen atoms in total. The first-order chi connectivity index (χ1) is 35.7. The molecule has 3 amide bonds. The van der Waals surface area contributed by atoms with Crippen LogP contribution >= 0.6 is 12.6 Å². The molecule has 2 rings (SSSR count). The van der Waals surface area contributed by atoms with Gasteiger partial charge in [-0.3, -0.25) is 29.2 Å². The van der Waals surface area contributed by atoms with E-state index in [0.29, 0.717) is 75.0 Å². The number of nitrogens with zero attached hydrogens (tertiary/aromatic N) is 3. The summed E-state index contributed by atoms with van der Waals surface area (Å²) in [5.74, 6) is -2.76. The molecule has 2 aliphatic rings. The van der Waals surface area contributed by atoms with Gasteiger partial charge in [0.15, 0.2) is 0 Å². The number of hydrogen-bond acceptors (Lipinski definition) is 19. The minimum Gasteiger partial charge on any atom is -0.466 e. The second-order valence-corrected chi connectivity index (χ2v) is 26.9. The number of imide groups is 1. The first kappa shape index (κ1) is 73.0. The van der Waals surface area contributed by atoms with Gasteiger partial charge in [0.25, 0.3) is 11.8 Å². The van der Waals surface area contributed by atoms with Crippen LogP contribution < -0.4 is 0 Å². The smallest absolute Gasteiger partial charge is 0.338 e. The van der Waals surface area contributed by atoms with Crippen molar-refractivity contribution in [2.24, 2.45) is 21.7 Å². The Bertz CT molecular complexity index is 1830. The van der Waals surface area contributed by atoms with Crippen molar-refractivity contribution in [3.8, 4) is 0 Å². The van der Waals surface area contributed by atoms with E-state index in [1.165, 1.54) is 0 Å². The average molecular weight is 1140 g/mol. The lowest BCUT2D eigenvalue weighted by Crippen LogP contribution is -2.47. The first-order valence-corrected chi connectivity index (χ1v) is 28.5. The molecule has 3 unspecified atom stereocenters. The average Bonchev–Trinajstić information content (AvgIpc) is 3.85. The van der Waals surface area contributed by atoms with Crippen LogP contribution in [0.2, 0.25) is 0 Å². The van der Waals surface area contributed by atoms with E-state index < -0.39 is 67.1 Å². The van der Waals surface area contributed by atoms with Gasteiger partial charge in [0, 0.05) is 38.7 Å². The van der Waals surface area contributed by atoms with Gasteiger partial charge in [-0.05, 0) is 138 Å². The molecule has 2 heterocycles. The zero-order chi connectivity index (χ0) is 60.0. The summed E-state index contributed by atoms with van der Waals surface area (Å²) in [6.45, 7) is 39.1. The summed E-state index contributed by atoms with van der Waals surface area (Å²) in [6, 6.07) is 0. The number of carbonyl (C=O) groups excluding carboxylic acids is 6. The highest BCUT2D eigenvalue weighted by molar-refractivity contribution is 7.81. The molecule has 0 spiro atoms. The molecular formula is C57H105N3O17S. The summed E-state index contributed by atoms with van der Waals surface area (Å²) in [5, 5.41) is 12.4. The lowest BCUT2D eigenvalue weighted by atomic mass is 9.73. The number of carbonyl (C=O) groups is 6. The Kier molecular flexibility index (Phi) is 30.5. The normalized spacial score (nSPS) is 16.8. The van der Waals surface area contributed by atoms with Crippen LogP contribution in [-0.2, 0) is 76.4 Å². The highest BCUT2D eigenvalue weighted by Gasteiger charge is 2.42. The fourth-order valence-electron chi connectivity index (χ4n) is 8.12. The molecule has 0 aromatic carbocycles. The maximum absolute atomic E-state index is 13.0. The number of amides is 3. The lowest BCUT2D eigenvalue weighted by Gasteiger charge is -2.40. The van der Waals surface area contributed by atoms with Crippen molar-refractivity contribution < 1.29 is 81.6 Å². The van der Waals surface area contributed by atoms with Crippen LogP contribution in [0.15, 0.2) is 0 Å². The zero-order valence-electron chi connectivity index (χ0n) is 51.5. The van der Waals surface area contributed by atoms with Gasteiger partial charge >= 0.3 is 17.9 Å². The summed E-state index contributed by atoms with van der Waals surface area (Å²) >= 11 is 4.66. The van der Waals surface area contributed by atoms with E-state index in [1.807, 2.05) is 118 Å². The first-order valence-electron chi connectivity index (χ1n) is 28.1. The zero-order valence-corrected chi connectivity index (χ0v) is 52.4. The topological polar surface area (TPSA) is 225 Å². The molecular weight excluding hydrogens is 1030 g/mol. The number of rotatable bonds is 38. The molecule has 78 heavy (non-hydrogen) atoms. The van der Waals surface area contributed by atoms with Gasteiger partial charge < -0.3 is 42.7 Å². The Morgan fingerprint density at radius 1 is 0.615 bits per heavy atom. The Labute approximate surface area is 473 Å². The summed E-state index contributed by atoms with van der Waals surface area (Å²) in [4.78, 5) is 84.0. The van der Waals surface area contributed by atoms with Crippen molar-refractivity contribution in [3.63, 3.8) is 0 Å². The van der Waals surface area contributed by atoms with Gasteiger partial charge in [0.2, 0.25) is 5.91 Å². The molecule has 0 aliphatic carbocycles. The number of esters is 2. The van der Waals surface area contributed by atoms with Crippen LogP contribution in [-0.4, -0.2) is 156 Å². The van der Waals surface area contributed by atoms with Crippen molar-refractivity contribution in [1.82, 2.24) is 15.4 Å². The molecule has 2 fully saturated rings. The number of hydrogen-bond donors (Lipinski definition) is 2. The highest BCUT2D eigenvalue weighted by atomic mass is 32.1. The van der Waals surface area contributed by atoms with Crippen LogP contribution in [0.25, 0.3) is 0 Å². The predicted octanol–water partition coefficient (Wildman–Crippen LogP) is 9.95. The Balaban J connectivity index is 0.0000150. The van der Waals surface area contributed by atoms with Crippen LogP contribution in [0, 0.1) is 21.7 Å². The molecule has 0 aromatic rings. The number of thiol groups is 1. The van der Waals surface area contributed by atoms with Crippen molar-refractivity contribution in [3.05, 3.63) is 0 Å². The Morgan fingerprint density at radius 2 is 1.13 bits per heavy atom. The van der Waals surface area contributed by atoms with Crippen molar-refractivity contribution in [1.29, 1.82) is 0 Å². The van der Waals surface area contributed by atoms with Gasteiger partial charge in [0.05, 0.1) is 112 Å². The van der Waals surface area contributed by atoms with E-state index in [-0.39, 0.29) is 102 Å². The third-order valence-electron chi connectivity index (χ3n) is 13.0. The number of ether oxygens (including phenoxy) is 8. The maximum atomic E-state index is 13.0. The number of hydroxylamine groups is 6. The van der Waals surface area contributed by atoms with Gasteiger partial charge in [0.1, 0.15) is 4.93 Å². The molecule has 21 heteroatoms. The molecule has 2 saturated heterocycles. The van der Waals surface area contributed by atoms with Crippen molar-refractivity contribution in [2.75, 3.05) is 65.9 Å². The molecule has 0 saturated carbocycles. The highest BCUT2D eigenvalue weighted by Crippen LogP contribution is 2.38. The second kappa shape index (κ2) is 32.6. The van der Waals surface area contributed by atoms with Crippen LogP contribution in [0.4, 0.5) is 0 Å². The maximum Gasteiger partial charge on any atom is 0.338 e. The summed E-state index contributed by atoms with van der Waals surface area (Å²) in [5.41, 5.74) is -4.67. The minimum atomic E-state index is -1.09. The van der Waals surface area contributed by atoms with E-state index in [1.54, 1.807) is 13.8 Å². The van der Waals surface area contributed by atoms with Crippen molar-refractivity contribution in [2.45, 2.75) is 243 Å². The minimum absolute atomic E-state index is 0.00304. The van der Waals surface area contributed by atoms with Crippen molar-refractivity contribution >= 4 is 48.3 Å². The quantitative estimate of drug-likeness (QED) is 0.0193. The van der Waals surface area contributed by atoms with E-state index in [4.69, 9.17) is 47.7 Å². The molecule has 3 atom stereocenters. The summed E-state index contributed by atoms with van der Waals surface area (Å²) in [6.07, 6.45) is 3.67. The van der Waals surface area contributed by atoms with Gasteiger partial charge in [-0.15, -0.1) is 17.7 Å². The largest absolute Gasteiger partial charge is 0.466 e. The fourth-order valence-corrected chi connectivity index (χ4v) is 8.18. The summed E-state index contributed by atoms with van der Waals surface area (Å²) < 4.78 is 49.5. The fraction of sp³-hybridized carbons (Fsp3) is 0.895. The van der Waals surface area contributed by atoms with E-state index >= 15 is 0 Å². The molecule has 456 valence electrons. The van der Waals surface area contributed by atoms with E-state index in [2.05, 4.69) is 12.6 Å². The van der Waals surface area contributed by atoms with Crippen LogP contribution in [0.3, 0.4) is 0 Å². The van der Waals surface area contributed by atoms with Crippen LogP contribution in [0.5, 0.6) is 0 Å². The predicted molar refractivity (Wildman–Crippen MR) is 297 cm³/mol. The molecule has 1 N–H and O–H groups in total. The second-order valence-electron chi connectivity index (χ2n) is 25.8. The van der Waals surface area contributed by atoms with E-state index in [9.17, 15) is 34.0 Å². The Morgan fingerprint density at radius 3 is 1.69 bits per heavy atom. The molecule has 2 aliphatic heterocycles. The van der Waals surface area contributed by atoms with Crippen LogP contribution in [0.1, 0.15) is 209 Å². The van der Waals surface area contributed by atoms with Gasteiger partial charge in [-0.1, -0.05) is 41.5 Å². The molecule has 0 radical (unpaired) electrons. The summed E-state index contributed by atoms with van der Waals surface area (Å²) in [7, 11) is 0. The molecule has 0 aromatic heterocycles. The monoisotopic (exact) mass is 1140 g/mol. The SMILES string of the molecule is CC.CC(CCOC(=O)CC(C)(C)CCN(O)ON1CCCC1=O)OCCC(C)OCC(COC(C)(C)C)(COC(C)(C)S)COC(C)(C)CCOC(C)(C)CCOC(=O)CC(C)(C)CC(C)(C)C(=O)ON1C(=O)CCC1=O. The standard InChI is InChI=1S/C55H99N3O17S.C2H6/c1-40(23-30-67-45(62)33-49(6,7)24-28-57(65)75-56-27-18-19-42(56)59)66-29-22-41(2)69-36-55(37-71-48(3,4)5,39-73-54(16,17)76)38-72-53(14,15)26-32-70-52(12,13)25-31-68-46(63)34-50(8,9)35-51(10,11)47(64)74-58-43(60)20-21-44(58)61;1-2/h40-41,65,76H,18-39H2,1-17H3;1-2H3. The third-order valence-corrected chi connectivity index (χ3v) is 13.1. The molecule has 0 bridgehead atoms.